The van der Waals surface area contributed by atoms with E-state index in [2.05, 4.69) is 70.5 Å². The minimum atomic E-state index is 0.289. The molecule has 36 heavy (non-hydrogen) atoms. The molecule has 3 aromatic rings. The average Bonchev–Trinajstić information content (AvgIpc) is 3.12. The molecule has 3 aliphatic rings. The van der Waals surface area contributed by atoms with E-state index in [0.29, 0.717) is 23.6 Å². The molecular weight excluding hydrogens is 444 g/mol. The van der Waals surface area contributed by atoms with Crippen LogP contribution in [0.25, 0.3) is 0 Å². The number of aryl methyl sites for hydroxylation is 1. The summed E-state index contributed by atoms with van der Waals surface area (Å²) < 4.78 is 0. The number of hydrogen-bond donors (Lipinski definition) is 1. The van der Waals surface area contributed by atoms with Gasteiger partial charge in [0, 0.05) is 37.8 Å². The molecule has 4 heteroatoms. The summed E-state index contributed by atoms with van der Waals surface area (Å²) in [5, 5.41) is 10.1. The van der Waals surface area contributed by atoms with Crippen molar-refractivity contribution in [3.8, 4) is 5.75 Å². The van der Waals surface area contributed by atoms with Gasteiger partial charge in [-0.05, 0) is 90.0 Å². The smallest absolute Gasteiger partial charge is 0.133 e. The van der Waals surface area contributed by atoms with E-state index in [4.69, 9.17) is 0 Å². The lowest BCUT2D eigenvalue weighted by Crippen LogP contribution is -2.56. The van der Waals surface area contributed by atoms with Gasteiger partial charge in [-0.2, -0.15) is 0 Å². The van der Waals surface area contributed by atoms with Gasteiger partial charge in [0.05, 0.1) is 6.54 Å². The summed E-state index contributed by atoms with van der Waals surface area (Å²) in [4.78, 5) is 15.7. The van der Waals surface area contributed by atoms with Crippen LogP contribution in [0.15, 0.2) is 72.8 Å². The van der Waals surface area contributed by atoms with Crippen molar-refractivity contribution in [1.29, 1.82) is 0 Å². The first kappa shape index (κ1) is 23.3. The zero-order valence-corrected chi connectivity index (χ0v) is 21.0. The highest BCUT2D eigenvalue weighted by Gasteiger charge is 2.43. The molecule has 0 bridgehead atoms. The molecule has 0 amide bonds. The highest BCUT2D eigenvalue weighted by Crippen LogP contribution is 2.47. The van der Waals surface area contributed by atoms with E-state index >= 15 is 0 Å². The second-order valence-corrected chi connectivity index (χ2v) is 11.2. The highest BCUT2D eigenvalue weighted by atomic mass is 16.3. The second-order valence-electron chi connectivity index (χ2n) is 11.2. The minimum Gasteiger partial charge on any atom is -0.508 e. The Morgan fingerprint density at radius 3 is 2.50 bits per heavy atom. The van der Waals surface area contributed by atoms with Crippen molar-refractivity contribution >= 4 is 12.0 Å². The molecule has 1 aliphatic carbocycles. The number of benzene rings is 3. The number of nitrogens with zero attached hydrogens (tertiary/aromatic N) is 2. The topological polar surface area (TPSA) is 43.8 Å². The van der Waals surface area contributed by atoms with Crippen LogP contribution in [0.5, 0.6) is 5.75 Å². The Morgan fingerprint density at radius 2 is 1.72 bits per heavy atom. The van der Waals surface area contributed by atoms with Crippen LogP contribution in [0.4, 0.5) is 5.69 Å². The van der Waals surface area contributed by atoms with Gasteiger partial charge in [-0.3, -0.25) is 4.90 Å². The van der Waals surface area contributed by atoms with Crippen LogP contribution >= 0.6 is 0 Å². The number of carbonyl (C=O) groups excluding carboxylic acids is 1. The SMILES string of the molecule is O=CCN1CC2(CCCN(c3ccc([C@H]4c5ccc(O)cc5CC[C@H]4c4ccccc4)cc3)CC2)C1. The van der Waals surface area contributed by atoms with E-state index < -0.39 is 0 Å². The Bertz CT molecular complexity index is 1200. The molecule has 0 radical (unpaired) electrons. The summed E-state index contributed by atoms with van der Waals surface area (Å²) in [5.74, 6) is 1.08. The van der Waals surface area contributed by atoms with Crippen molar-refractivity contribution in [2.24, 2.45) is 5.41 Å². The molecule has 0 saturated carbocycles. The maximum absolute atomic E-state index is 10.8. The molecule has 0 aromatic heterocycles. The van der Waals surface area contributed by atoms with Gasteiger partial charge in [0.25, 0.3) is 0 Å². The molecule has 6 rings (SSSR count). The quantitative estimate of drug-likeness (QED) is 0.473. The number of aromatic hydroxyl groups is 1. The molecule has 1 spiro atoms. The maximum Gasteiger partial charge on any atom is 0.133 e. The van der Waals surface area contributed by atoms with E-state index in [9.17, 15) is 9.90 Å². The number of carbonyl (C=O) groups is 1. The number of anilines is 1. The highest BCUT2D eigenvalue weighted by molar-refractivity contribution is 5.53. The van der Waals surface area contributed by atoms with Gasteiger partial charge in [0.1, 0.15) is 12.0 Å². The van der Waals surface area contributed by atoms with Crippen molar-refractivity contribution in [2.45, 2.75) is 43.9 Å². The molecule has 2 aliphatic heterocycles. The van der Waals surface area contributed by atoms with Crippen LogP contribution in [0, 0.1) is 5.41 Å². The first-order valence-electron chi connectivity index (χ1n) is 13.5. The maximum atomic E-state index is 10.8. The Hall–Kier alpha value is -3.11. The predicted molar refractivity (Wildman–Crippen MR) is 145 cm³/mol. The fourth-order valence-corrected chi connectivity index (χ4v) is 7.14. The second kappa shape index (κ2) is 9.74. The normalized spacial score (nSPS) is 23.5. The first-order chi connectivity index (χ1) is 17.6. The first-order valence-corrected chi connectivity index (χ1v) is 13.5. The number of rotatable bonds is 5. The van der Waals surface area contributed by atoms with Gasteiger partial charge in [-0.15, -0.1) is 0 Å². The lowest BCUT2D eigenvalue weighted by atomic mass is 9.69. The summed E-state index contributed by atoms with van der Waals surface area (Å²) in [7, 11) is 0. The summed E-state index contributed by atoms with van der Waals surface area (Å²) >= 11 is 0. The van der Waals surface area contributed by atoms with Crippen LogP contribution in [-0.4, -0.2) is 49.0 Å². The molecule has 2 fully saturated rings. The molecule has 2 heterocycles. The van der Waals surface area contributed by atoms with Gasteiger partial charge < -0.3 is 14.8 Å². The molecule has 1 N–H and O–H groups in total. The summed E-state index contributed by atoms with van der Waals surface area (Å²) in [6.07, 6.45) is 6.81. The van der Waals surface area contributed by atoms with E-state index in [1.807, 2.05) is 12.1 Å². The van der Waals surface area contributed by atoms with Crippen molar-refractivity contribution in [1.82, 2.24) is 4.90 Å². The number of aldehydes is 1. The van der Waals surface area contributed by atoms with Crippen molar-refractivity contribution in [2.75, 3.05) is 37.6 Å². The zero-order chi connectivity index (χ0) is 24.5. The Morgan fingerprint density at radius 1 is 0.917 bits per heavy atom. The number of likely N-dealkylation sites (tertiary alicyclic amines) is 1. The molecular formula is C32H36N2O2. The lowest BCUT2D eigenvalue weighted by Gasteiger charge is -2.49. The summed E-state index contributed by atoms with van der Waals surface area (Å²) in [6, 6.07) is 26.2. The number of hydrogen-bond acceptors (Lipinski definition) is 4. The fraction of sp³-hybridized carbons (Fsp3) is 0.406. The minimum absolute atomic E-state index is 0.289. The van der Waals surface area contributed by atoms with Gasteiger partial charge in [-0.1, -0.05) is 48.5 Å². The van der Waals surface area contributed by atoms with Gasteiger partial charge >= 0.3 is 0 Å². The molecule has 2 saturated heterocycles. The van der Waals surface area contributed by atoms with Crippen LogP contribution < -0.4 is 4.90 Å². The fourth-order valence-electron chi connectivity index (χ4n) is 7.14. The van der Waals surface area contributed by atoms with Crippen LogP contribution in [0.3, 0.4) is 0 Å². The molecule has 3 aromatic carbocycles. The predicted octanol–water partition coefficient (Wildman–Crippen LogP) is 5.75. The van der Waals surface area contributed by atoms with E-state index in [-0.39, 0.29) is 5.92 Å². The Balaban J connectivity index is 1.24. The third-order valence-corrected chi connectivity index (χ3v) is 8.93. The zero-order valence-electron chi connectivity index (χ0n) is 21.0. The largest absolute Gasteiger partial charge is 0.508 e. The van der Waals surface area contributed by atoms with E-state index in [1.54, 1.807) is 0 Å². The average molecular weight is 481 g/mol. The van der Waals surface area contributed by atoms with Gasteiger partial charge in [0.2, 0.25) is 0 Å². The van der Waals surface area contributed by atoms with Crippen LogP contribution in [0.2, 0.25) is 0 Å². The molecule has 186 valence electrons. The van der Waals surface area contributed by atoms with E-state index in [0.717, 1.165) is 45.3 Å². The van der Waals surface area contributed by atoms with Crippen LogP contribution in [0.1, 0.15) is 59.8 Å². The Labute approximate surface area is 214 Å². The van der Waals surface area contributed by atoms with Gasteiger partial charge in [-0.25, -0.2) is 0 Å². The van der Waals surface area contributed by atoms with E-state index in [1.165, 1.54) is 47.2 Å². The molecule has 0 unspecified atom stereocenters. The molecule has 4 nitrogen and oxygen atoms in total. The van der Waals surface area contributed by atoms with Crippen molar-refractivity contribution < 1.29 is 9.90 Å². The number of fused-ring (bicyclic) bond motifs is 1. The monoisotopic (exact) mass is 480 g/mol. The number of phenolic OH excluding ortho intramolecular Hbond substituents is 1. The number of phenols is 1. The summed E-state index contributed by atoms with van der Waals surface area (Å²) in [5.41, 5.74) is 7.11. The van der Waals surface area contributed by atoms with Crippen molar-refractivity contribution in [3.63, 3.8) is 0 Å². The lowest BCUT2D eigenvalue weighted by molar-refractivity contribution is -0.112. The third kappa shape index (κ3) is 4.43. The van der Waals surface area contributed by atoms with Crippen molar-refractivity contribution in [3.05, 3.63) is 95.1 Å². The Kier molecular flexibility index (Phi) is 6.30. The molecule has 2 atom stereocenters. The summed E-state index contributed by atoms with van der Waals surface area (Å²) in [6.45, 7) is 4.94. The third-order valence-electron chi connectivity index (χ3n) is 8.93. The van der Waals surface area contributed by atoms with Crippen LogP contribution in [-0.2, 0) is 11.2 Å². The van der Waals surface area contributed by atoms with Gasteiger partial charge in [0.15, 0.2) is 0 Å². The standard InChI is InChI=1S/C32H36N2O2/c35-20-19-33-22-32(23-33)15-4-17-34(18-16-32)27-10-7-25(8-11-27)31-29(24-5-2-1-3-6-24)13-9-26-21-28(36)12-14-30(26)31/h1-3,5-8,10-12,14,20-21,29,31,36H,4,9,13,15-19,22-23H2/t29-,31+/m0/s1.